The molecule has 0 aliphatic rings. The Morgan fingerprint density at radius 3 is 0.860 bits per heavy atom. The van der Waals surface area contributed by atoms with Crippen LogP contribution in [0.2, 0.25) is 0 Å². The number of esters is 3. The predicted octanol–water partition coefficient (Wildman–Crippen LogP) is 16.3. The summed E-state index contributed by atoms with van der Waals surface area (Å²) in [4.78, 5) is 37.8. The molecule has 0 spiro atoms. The lowest BCUT2D eigenvalue weighted by molar-refractivity contribution is -0.167. The molecule has 1 atom stereocenters. The van der Waals surface area contributed by atoms with Gasteiger partial charge in [0, 0.05) is 19.3 Å². The molecule has 338 valence electrons. The molecule has 0 N–H and O–H groups in total. The van der Waals surface area contributed by atoms with Crippen molar-refractivity contribution in [2.45, 2.75) is 291 Å². The average Bonchev–Trinajstić information content (AvgIpc) is 3.19. The molecule has 0 saturated heterocycles. The molecular formula is C51H98O6. The fourth-order valence-corrected chi connectivity index (χ4v) is 7.69. The maximum Gasteiger partial charge on any atom is 0.306 e. The van der Waals surface area contributed by atoms with Crippen LogP contribution in [0.4, 0.5) is 0 Å². The van der Waals surface area contributed by atoms with Crippen LogP contribution >= 0.6 is 0 Å². The van der Waals surface area contributed by atoms with Crippen molar-refractivity contribution in [3.63, 3.8) is 0 Å². The van der Waals surface area contributed by atoms with Gasteiger partial charge in [0.25, 0.3) is 0 Å². The van der Waals surface area contributed by atoms with Crippen molar-refractivity contribution in [2.24, 2.45) is 5.92 Å². The van der Waals surface area contributed by atoms with Gasteiger partial charge in [-0.25, -0.2) is 0 Å². The van der Waals surface area contributed by atoms with Gasteiger partial charge in [0.05, 0.1) is 0 Å². The van der Waals surface area contributed by atoms with Gasteiger partial charge in [-0.1, -0.05) is 246 Å². The Balaban J connectivity index is 4.23. The van der Waals surface area contributed by atoms with E-state index in [1.807, 2.05) is 0 Å². The highest BCUT2D eigenvalue weighted by Crippen LogP contribution is 2.17. The second kappa shape index (κ2) is 45.5. The van der Waals surface area contributed by atoms with Crippen molar-refractivity contribution in [1.82, 2.24) is 0 Å². The Morgan fingerprint density at radius 1 is 0.333 bits per heavy atom. The fourth-order valence-electron chi connectivity index (χ4n) is 7.69. The fraction of sp³-hybridized carbons (Fsp3) is 0.941. The molecule has 0 fully saturated rings. The van der Waals surface area contributed by atoms with Gasteiger partial charge in [-0.15, -0.1) is 0 Å². The minimum atomic E-state index is -0.760. The van der Waals surface area contributed by atoms with Crippen molar-refractivity contribution in [1.29, 1.82) is 0 Å². The summed E-state index contributed by atoms with van der Waals surface area (Å²) in [5, 5.41) is 0. The van der Waals surface area contributed by atoms with Crippen molar-refractivity contribution in [3.05, 3.63) is 0 Å². The van der Waals surface area contributed by atoms with Crippen LogP contribution in [-0.2, 0) is 28.6 Å². The molecule has 0 aliphatic heterocycles. The third-order valence-corrected chi connectivity index (χ3v) is 11.5. The number of ether oxygens (including phenoxy) is 3. The summed E-state index contributed by atoms with van der Waals surface area (Å²) in [6, 6.07) is 0. The third-order valence-electron chi connectivity index (χ3n) is 11.5. The van der Waals surface area contributed by atoms with E-state index in [1.54, 1.807) is 0 Å². The number of hydrogen-bond acceptors (Lipinski definition) is 6. The van der Waals surface area contributed by atoms with Gasteiger partial charge in [0.1, 0.15) is 13.2 Å². The molecule has 0 rings (SSSR count). The summed E-state index contributed by atoms with van der Waals surface area (Å²) >= 11 is 0. The minimum Gasteiger partial charge on any atom is -0.462 e. The van der Waals surface area contributed by atoms with Crippen LogP contribution in [0.5, 0.6) is 0 Å². The predicted molar refractivity (Wildman–Crippen MR) is 243 cm³/mol. The Kier molecular flexibility index (Phi) is 44.2. The van der Waals surface area contributed by atoms with Gasteiger partial charge in [-0.3, -0.25) is 14.4 Å². The van der Waals surface area contributed by atoms with Crippen molar-refractivity contribution < 1.29 is 28.6 Å². The van der Waals surface area contributed by atoms with E-state index in [0.29, 0.717) is 19.3 Å². The largest absolute Gasteiger partial charge is 0.462 e. The smallest absolute Gasteiger partial charge is 0.306 e. The molecule has 0 bridgehead atoms. The monoisotopic (exact) mass is 807 g/mol. The molecule has 6 heteroatoms. The molecule has 0 radical (unpaired) electrons. The highest BCUT2D eigenvalue weighted by atomic mass is 16.6. The number of carbonyl (C=O) groups is 3. The van der Waals surface area contributed by atoms with E-state index in [2.05, 4.69) is 27.7 Å². The Hall–Kier alpha value is -1.59. The molecule has 0 aromatic rings. The maximum atomic E-state index is 12.7. The lowest BCUT2D eigenvalue weighted by Gasteiger charge is -2.18. The summed E-state index contributed by atoms with van der Waals surface area (Å²) in [6.07, 6.45) is 46.7. The molecule has 0 aromatic carbocycles. The van der Waals surface area contributed by atoms with Gasteiger partial charge in [0.2, 0.25) is 0 Å². The van der Waals surface area contributed by atoms with Crippen LogP contribution in [0.1, 0.15) is 285 Å². The number of hydrogen-bond donors (Lipinski definition) is 0. The summed E-state index contributed by atoms with van der Waals surface area (Å²) in [5.74, 6) is -0.0729. The highest BCUT2D eigenvalue weighted by molar-refractivity contribution is 5.71. The zero-order valence-electron chi connectivity index (χ0n) is 38.8. The molecule has 0 aromatic heterocycles. The number of rotatable bonds is 46. The van der Waals surface area contributed by atoms with Crippen LogP contribution in [0.15, 0.2) is 0 Å². The third kappa shape index (κ3) is 45.3. The first-order valence-electron chi connectivity index (χ1n) is 25.4. The van der Waals surface area contributed by atoms with Crippen molar-refractivity contribution >= 4 is 17.9 Å². The Bertz CT molecular complexity index is 857. The van der Waals surface area contributed by atoms with Crippen LogP contribution < -0.4 is 0 Å². The summed E-state index contributed by atoms with van der Waals surface area (Å²) in [5.41, 5.74) is 0. The van der Waals surface area contributed by atoms with Crippen LogP contribution in [0.25, 0.3) is 0 Å². The number of unbranched alkanes of at least 4 members (excludes halogenated alkanes) is 33. The SMILES string of the molecule is CCCCCCCCCCCCCCCCCCCCC(=O)OC[C@@H](COC(=O)CCCCCCCCCCCCC)OC(=O)CCCCCCCCCC(C)C. The van der Waals surface area contributed by atoms with E-state index >= 15 is 0 Å². The second-order valence-corrected chi connectivity index (χ2v) is 17.9. The highest BCUT2D eigenvalue weighted by Gasteiger charge is 2.19. The minimum absolute atomic E-state index is 0.0638. The zero-order valence-corrected chi connectivity index (χ0v) is 38.8. The van der Waals surface area contributed by atoms with E-state index in [1.165, 1.54) is 180 Å². The summed E-state index contributed by atoms with van der Waals surface area (Å²) < 4.78 is 16.8. The molecule has 0 aliphatic carbocycles. The zero-order chi connectivity index (χ0) is 41.7. The second-order valence-electron chi connectivity index (χ2n) is 17.9. The standard InChI is InChI=1S/C51H98O6/c1-5-7-9-11-13-15-17-18-19-20-21-22-23-25-27-31-35-39-43-50(53)56-46-48(57-51(54)44-40-36-32-28-29-33-37-41-47(3)4)45-55-49(52)42-38-34-30-26-24-16-14-12-10-8-6-2/h47-48H,5-46H2,1-4H3/t48-/m1/s1. The lowest BCUT2D eigenvalue weighted by atomic mass is 10.0. The van der Waals surface area contributed by atoms with Crippen LogP contribution in [-0.4, -0.2) is 37.2 Å². The quantitative estimate of drug-likeness (QED) is 0.0346. The normalized spacial score (nSPS) is 11.9. The molecule has 0 amide bonds. The Labute approximate surface area is 355 Å². The number of carbonyl (C=O) groups excluding carboxylic acids is 3. The molecule has 6 nitrogen and oxygen atoms in total. The average molecular weight is 807 g/mol. The molecule has 0 heterocycles. The molecule has 0 saturated carbocycles. The van der Waals surface area contributed by atoms with Gasteiger partial charge in [-0.2, -0.15) is 0 Å². The maximum absolute atomic E-state index is 12.7. The van der Waals surface area contributed by atoms with E-state index in [-0.39, 0.29) is 31.1 Å². The topological polar surface area (TPSA) is 78.9 Å². The molecular weight excluding hydrogens is 709 g/mol. The Morgan fingerprint density at radius 2 is 0.579 bits per heavy atom. The van der Waals surface area contributed by atoms with E-state index in [9.17, 15) is 14.4 Å². The van der Waals surface area contributed by atoms with E-state index in [4.69, 9.17) is 14.2 Å². The summed E-state index contributed by atoms with van der Waals surface area (Å²) in [6.45, 7) is 8.97. The molecule has 57 heavy (non-hydrogen) atoms. The van der Waals surface area contributed by atoms with Crippen LogP contribution in [0.3, 0.4) is 0 Å². The van der Waals surface area contributed by atoms with Gasteiger partial charge < -0.3 is 14.2 Å². The van der Waals surface area contributed by atoms with Gasteiger partial charge in [-0.05, 0) is 25.2 Å². The molecule has 0 unspecified atom stereocenters. The van der Waals surface area contributed by atoms with Gasteiger partial charge in [0.15, 0.2) is 6.10 Å². The van der Waals surface area contributed by atoms with E-state index in [0.717, 1.165) is 63.7 Å². The first-order valence-corrected chi connectivity index (χ1v) is 25.4. The first-order chi connectivity index (χ1) is 27.9. The van der Waals surface area contributed by atoms with E-state index < -0.39 is 6.10 Å². The lowest BCUT2D eigenvalue weighted by Crippen LogP contribution is -2.30. The summed E-state index contributed by atoms with van der Waals surface area (Å²) in [7, 11) is 0. The van der Waals surface area contributed by atoms with Crippen molar-refractivity contribution in [2.75, 3.05) is 13.2 Å². The van der Waals surface area contributed by atoms with Gasteiger partial charge >= 0.3 is 17.9 Å². The van der Waals surface area contributed by atoms with Crippen LogP contribution in [0, 0.1) is 5.92 Å². The first kappa shape index (κ1) is 55.4. The van der Waals surface area contributed by atoms with Crippen molar-refractivity contribution in [3.8, 4) is 0 Å².